The normalized spacial score (nSPS) is 11.2. The Balaban J connectivity index is 1.43. The third kappa shape index (κ3) is 2.67. The summed E-state index contributed by atoms with van der Waals surface area (Å²) in [7, 11) is 0. The molecule has 0 spiro atoms. The standard InChI is InChI=1S/C19H12N4OS2/c24-18(13-4-5-15-17(9-13)26-11-20-15)21-14-3-1-2-12(8-14)16-10-23-6-7-25-19(23)22-16/h1-11H,(H,21,24). The molecule has 0 fully saturated rings. The lowest BCUT2D eigenvalue weighted by atomic mass is 10.1. The summed E-state index contributed by atoms with van der Waals surface area (Å²) in [4.78, 5) is 22.4. The SMILES string of the molecule is O=C(Nc1cccc(-c2cn3ccsc3n2)c1)c1ccc2ncsc2c1. The summed E-state index contributed by atoms with van der Waals surface area (Å²) in [6, 6.07) is 13.3. The maximum atomic E-state index is 12.6. The number of amides is 1. The largest absolute Gasteiger partial charge is 0.322 e. The molecule has 3 aromatic heterocycles. The van der Waals surface area contributed by atoms with Gasteiger partial charge in [0.15, 0.2) is 4.96 Å². The predicted octanol–water partition coefficient (Wildman–Crippen LogP) is 4.92. The minimum atomic E-state index is -0.136. The Kier molecular flexibility index (Phi) is 3.55. The van der Waals surface area contributed by atoms with Crippen molar-refractivity contribution in [3.05, 3.63) is 71.3 Å². The average Bonchev–Trinajstić information content (AvgIpc) is 3.36. The van der Waals surface area contributed by atoms with Crippen molar-refractivity contribution in [2.45, 2.75) is 0 Å². The van der Waals surface area contributed by atoms with Gasteiger partial charge in [-0.05, 0) is 30.3 Å². The van der Waals surface area contributed by atoms with Crippen molar-refractivity contribution in [3.63, 3.8) is 0 Å². The monoisotopic (exact) mass is 376 g/mol. The fourth-order valence-corrected chi connectivity index (χ4v) is 4.24. The number of imidazole rings is 1. The Labute approximate surface area is 156 Å². The molecule has 0 saturated heterocycles. The molecule has 0 aliphatic rings. The van der Waals surface area contributed by atoms with Crippen LogP contribution in [-0.4, -0.2) is 20.3 Å². The smallest absolute Gasteiger partial charge is 0.255 e. The average molecular weight is 376 g/mol. The lowest BCUT2D eigenvalue weighted by Gasteiger charge is -2.07. The summed E-state index contributed by atoms with van der Waals surface area (Å²) in [6.07, 6.45) is 3.97. The molecule has 0 aliphatic heterocycles. The highest BCUT2D eigenvalue weighted by Crippen LogP contribution is 2.25. The first kappa shape index (κ1) is 15.2. The Morgan fingerprint density at radius 2 is 2.08 bits per heavy atom. The lowest BCUT2D eigenvalue weighted by molar-refractivity contribution is 0.102. The number of hydrogen-bond acceptors (Lipinski definition) is 5. The van der Waals surface area contributed by atoms with Gasteiger partial charge >= 0.3 is 0 Å². The van der Waals surface area contributed by atoms with Gasteiger partial charge in [-0.25, -0.2) is 9.97 Å². The molecule has 5 aromatic rings. The van der Waals surface area contributed by atoms with Crippen molar-refractivity contribution >= 4 is 49.4 Å². The molecule has 0 saturated carbocycles. The molecule has 2 aromatic carbocycles. The van der Waals surface area contributed by atoms with E-state index in [1.807, 2.05) is 58.6 Å². The van der Waals surface area contributed by atoms with E-state index in [1.165, 1.54) is 11.3 Å². The maximum Gasteiger partial charge on any atom is 0.255 e. The van der Waals surface area contributed by atoms with Gasteiger partial charge < -0.3 is 5.32 Å². The molecular formula is C19H12N4OS2. The molecular weight excluding hydrogens is 364 g/mol. The van der Waals surface area contributed by atoms with Gasteiger partial charge in [0, 0.05) is 34.6 Å². The highest BCUT2D eigenvalue weighted by Gasteiger charge is 2.10. The number of carbonyl (C=O) groups is 1. The number of benzene rings is 2. The van der Waals surface area contributed by atoms with Crippen LogP contribution in [0.4, 0.5) is 5.69 Å². The first-order valence-corrected chi connectivity index (χ1v) is 9.69. The third-order valence-electron chi connectivity index (χ3n) is 4.10. The van der Waals surface area contributed by atoms with Crippen molar-refractivity contribution in [2.24, 2.45) is 0 Å². The van der Waals surface area contributed by atoms with Gasteiger partial charge in [-0.2, -0.15) is 0 Å². The van der Waals surface area contributed by atoms with Gasteiger partial charge in [-0.1, -0.05) is 12.1 Å². The molecule has 0 bridgehead atoms. The number of nitrogens with one attached hydrogen (secondary N) is 1. The minimum Gasteiger partial charge on any atom is -0.322 e. The van der Waals surface area contributed by atoms with E-state index < -0.39 is 0 Å². The molecule has 0 atom stereocenters. The zero-order valence-electron chi connectivity index (χ0n) is 13.4. The van der Waals surface area contributed by atoms with Gasteiger partial charge in [0.2, 0.25) is 0 Å². The lowest BCUT2D eigenvalue weighted by Crippen LogP contribution is -2.11. The highest BCUT2D eigenvalue weighted by molar-refractivity contribution is 7.16. The van der Waals surface area contributed by atoms with Crippen molar-refractivity contribution in [3.8, 4) is 11.3 Å². The van der Waals surface area contributed by atoms with E-state index in [9.17, 15) is 4.79 Å². The molecule has 0 aliphatic carbocycles. The van der Waals surface area contributed by atoms with Crippen LogP contribution in [0.1, 0.15) is 10.4 Å². The third-order valence-corrected chi connectivity index (χ3v) is 5.67. The Morgan fingerprint density at radius 1 is 1.12 bits per heavy atom. The van der Waals surface area contributed by atoms with E-state index in [0.717, 1.165) is 32.1 Å². The Hall–Kier alpha value is -3.03. The van der Waals surface area contributed by atoms with Crippen LogP contribution in [-0.2, 0) is 0 Å². The first-order chi connectivity index (χ1) is 12.8. The number of carbonyl (C=O) groups excluding carboxylic acids is 1. The van der Waals surface area contributed by atoms with E-state index in [4.69, 9.17) is 0 Å². The summed E-state index contributed by atoms with van der Waals surface area (Å²) < 4.78 is 3.00. The van der Waals surface area contributed by atoms with Crippen LogP contribution >= 0.6 is 22.7 Å². The van der Waals surface area contributed by atoms with E-state index in [0.29, 0.717) is 5.56 Å². The maximum absolute atomic E-state index is 12.6. The predicted molar refractivity (Wildman–Crippen MR) is 106 cm³/mol. The summed E-state index contributed by atoms with van der Waals surface area (Å²) >= 11 is 3.12. The fourth-order valence-electron chi connectivity index (χ4n) is 2.82. The second-order valence-corrected chi connectivity index (χ2v) is 7.55. The second kappa shape index (κ2) is 6.05. The van der Waals surface area contributed by atoms with Crippen molar-refractivity contribution in [1.29, 1.82) is 0 Å². The van der Waals surface area contributed by atoms with Crippen molar-refractivity contribution in [1.82, 2.24) is 14.4 Å². The molecule has 1 amide bonds. The molecule has 3 heterocycles. The number of rotatable bonds is 3. The fraction of sp³-hybridized carbons (Fsp3) is 0. The highest BCUT2D eigenvalue weighted by atomic mass is 32.1. The van der Waals surface area contributed by atoms with Gasteiger partial charge in [-0.15, -0.1) is 22.7 Å². The second-order valence-electron chi connectivity index (χ2n) is 5.79. The van der Waals surface area contributed by atoms with Crippen LogP contribution < -0.4 is 5.32 Å². The van der Waals surface area contributed by atoms with Crippen LogP contribution in [0.5, 0.6) is 0 Å². The number of thiazole rings is 2. The summed E-state index contributed by atoms with van der Waals surface area (Å²) in [5.41, 5.74) is 5.91. The van der Waals surface area contributed by atoms with Crippen LogP contribution in [0.25, 0.3) is 26.4 Å². The molecule has 5 nitrogen and oxygen atoms in total. The van der Waals surface area contributed by atoms with Crippen LogP contribution in [0.15, 0.2) is 65.7 Å². The number of fused-ring (bicyclic) bond motifs is 2. The number of aromatic nitrogens is 3. The molecule has 0 radical (unpaired) electrons. The van der Waals surface area contributed by atoms with E-state index >= 15 is 0 Å². The molecule has 0 unspecified atom stereocenters. The zero-order chi connectivity index (χ0) is 17.5. The Morgan fingerprint density at radius 3 is 3.00 bits per heavy atom. The molecule has 26 heavy (non-hydrogen) atoms. The van der Waals surface area contributed by atoms with E-state index in [-0.39, 0.29) is 5.91 Å². The molecule has 5 rings (SSSR count). The topological polar surface area (TPSA) is 59.3 Å². The van der Waals surface area contributed by atoms with Crippen LogP contribution in [0, 0.1) is 0 Å². The number of anilines is 1. The van der Waals surface area contributed by atoms with Crippen LogP contribution in [0.2, 0.25) is 0 Å². The van der Waals surface area contributed by atoms with E-state index in [1.54, 1.807) is 22.9 Å². The summed E-state index contributed by atoms with van der Waals surface area (Å²) in [5, 5.41) is 4.97. The van der Waals surface area contributed by atoms with E-state index in [2.05, 4.69) is 15.3 Å². The molecule has 126 valence electrons. The summed E-state index contributed by atoms with van der Waals surface area (Å²) in [5.74, 6) is -0.136. The van der Waals surface area contributed by atoms with Crippen molar-refractivity contribution in [2.75, 3.05) is 5.32 Å². The summed E-state index contributed by atoms with van der Waals surface area (Å²) in [6.45, 7) is 0. The van der Waals surface area contributed by atoms with Gasteiger partial charge in [0.05, 0.1) is 21.4 Å². The number of hydrogen-bond donors (Lipinski definition) is 1. The Bertz CT molecular complexity index is 1220. The quantitative estimate of drug-likeness (QED) is 0.486. The zero-order valence-corrected chi connectivity index (χ0v) is 15.1. The van der Waals surface area contributed by atoms with Gasteiger partial charge in [-0.3, -0.25) is 9.20 Å². The number of nitrogens with zero attached hydrogens (tertiary/aromatic N) is 3. The first-order valence-electron chi connectivity index (χ1n) is 7.93. The molecule has 1 N–H and O–H groups in total. The van der Waals surface area contributed by atoms with Gasteiger partial charge in [0.1, 0.15) is 0 Å². The van der Waals surface area contributed by atoms with Crippen molar-refractivity contribution < 1.29 is 4.79 Å². The molecule has 7 heteroatoms. The van der Waals surface area contributed by atoms with Gasteiger partial charge in [0.25, 0.3) is 5.91 Å². The minimum absolute atomic E-state index is 0.136. The van der Waals surface area contributed by atoms with Crippen LogP contribution in [0.3, 0.4) is 0 Å².